The third-order valence-electron chi connectivity index (χ3n) is 13.1. The largest absolute Gasteiger partial charge is 0.489 e. The van der Waals surface area contributed by atoms with E-state index < -0.39 is 92.6 Å². The molecule has 3 fully saturated rings. The van der Waals surface area contributed by atoms with Crippen molar-refractivity contribution in [1.82, 2.24) is 25.2 Å². The summed E-state index contributed by atoms with van der Waals surface area (Å²) in [4.78, 5) is 64.6. The van der Waals surface area contributed by atoms with E-state index in [2.05, 4.69) is 15.6 Å². The monoisotopic (exact) mass is 894 g/mol. The molecule has 3 N–H and O–H groups in total. The van der Waals surface area contributed by atoms with E-state index in [0.29, 0.717) is 69.2 Å². The second kappa shape index (κ2) is 16.7. The second-order valence-corrected chi connectivity index (χ2v) is 20.0. The lowest BCUT2D eigenvalue weighted by molar-refractivity contribution is -0.244. The number of halogens is 4. The molecule has 1 aromatic heterocycles. The first-order valence-electron chi connectivity index (χ1n) is 21.1. The predicted octanol–water partition coefficient (Wildman–Crippen LogP) is 5.07. The number of anilines is 1. The minimum atomic E-state index is -4.94. The Balaban J connectivity index is 1.24. The number of allylic oxidation sites excluding steroid dienone is 1. The minimum Gasteiger partial charge on any atom is -0.489 e. The molecule has 4 amide bonds. The Morgan fingerprint density at radius 2 is 1.85 bits per heavy atom. The number of nitrogens with one attached hydrogen (secondary N) is 3. The molecule has 1 saturated heterocycles. The molecule has 4 heterocycles. The number of nitrogens with zero attached hydrogens (tertiary/aromatic N) is 3. The lowest BCUT2D eigenvalue weighted by Gasteiger charge is -2.35. The van der Waals surface area contributed by atoms with Gasteiger partial charge < -0.3 is 34.6 Å². The quantitative estimate of drug-likeness (QED) is 0.226. The number of rotatable bonds is 9. The smallest absolute Gasteiger partial charge is 0.427 e. The molecule has 0 spiro atoms. The summed E-state index contributed by atoms with van der Waals surface area (Å²) in [6.45, 7) is 4.78. The molecule has 7 atom stereocenters. The topological polar surface area (TPSA) is 186 Å². The maximum Gasteiger partial charge on any atom is 0.427 e. The number of likely N-dealkylation sites (N-methyl/N-ethyl adjacent to an activating group) is 1. The maximum atomic E-state index is 15.0. The van der Waals surface area contributed by atoms with Crippen molar-refractivity contribution in [3.05, 3.63) is 36.5 Å². The first-order valence-corrected chi connectivity index (χ1v) is 22.5. The number of aromatic nitrogens is 1. The molecule has 5 aliphatic rings. The minimum absolute atomic E-state index is 0.0137. The van der Waals surface area contributed by atoms with Crippen LogP contribution < -0.4 is 29.7 Å². The van der Waals surface area contributed by atoms with Gasteiger partial charge in [0.15, 0.2) is 5.75 Å². The van der Waals surface area contributed by atoms with E-state index in [1.165, 1.54) is 11.1 Å². The highest BCUT2D eigenvalue weighted by atomic mass is 32.2. The van der Waals surface area contributed by atoms with Gasteiger partial charge in [0, 0.05) is 36.4 Å². The Morgan fingerprint density at radius 3 is 2.53 bits per heavy atom. The first kappa shape index (κ1) is 45.2. The van der Waals surface area contributed by atoms with Gasteiger partial charge in [0.2, 0.25) is 33.3 Å². The fourth-order valence-corrected chi connectivity index (χ4v) is 10.1. The number of alkyl carbamates (subject to hydrolysis) is 1. The summed E-state index contributed by atoms with van der Waals surface area (Å²) < 4.78 is 99.6. The van der Waals surface area contributed by atoms with Crippen molar-refractivity contribution >= 4 is 50.3 Å². The molecule has 2 aromatic rings. The highest BCUT2D eigenvalue weighted by Gasteiger charge is 2.64. The van der Waals surface area contributed by atoms with Crippen LogP contribution in [0.3, 0.4) is 0 Å². The zero-order chi connectivity index (χ0) is 45.0. The zero-order valence-electron chi connectivity index (χ0n) is 35.3. The summed E-state index contributed by atoms with van der Waals surface area (Å²) in [6, 6.07) is 2.62. The Kier molecular flexibility index (Phi) is 12.1. The number of hydrogen-bond acceptors (Lipinski definition) is 11. The van der Waals surface area contributed by atoms with Crippen molar-refractivity contribution < 1.29 is 59.4 Å². The average molecular weight is 895 g/mol. The number of sulfonamides is 1. The molecular weight excluding hydrogens is 841 g/mol. The van der Waals surface area contributed by atoms with E-state index >= 15 is 0 Å². The molecule has 0 bridgehead atoms. The van der Waals surface area contributed by atoms with E-state index in [4.69, 9.17) is 14.2 Å². The molecule has 20 heteroatoms. The number of amides is 4. The molecule has 62 heavy (non-hydrogen) atoms. The van der Waals surface area contributed by atoms with Crippen molar-refractivity contribution in [2.75, 3.05) is 38.3 Å². The van der Waals surface area contributed by atoms with Crippen molar-refractivity contribution in [1.29, 1.82) is 0 Å². The van der Waals surface area contributed by atoms with Gasteiger partial charge in [0.25, 0.3) is 5.91 Å². The van der Waals surface area contributed by atoms with Crippen LogP contribution in [-0.4, -0.2) is 116 Å². The van der Waals surface area contributed by atoms with Crippen molar-refractivity contribution in [3.63, 3.8) is 0 Å². The van der Waals surface area contributed by atoms with Gasteiger partial charge in [-0.1, -0.05) is 32.4 Å². The fourth-order valence-electron chi connectivity index (χ4n) is 8.71. The molecule has 15 nitrogen and oxygen atoms in total. The Labute approximate surface area is 357 Å². The third-order valence-corrected chi connectivity index (χ3v) is 15.2. The summed E-state index contributed by atoms with van der Waals surface area (Å²) >= 11 is 0. The van der Waals surface area contributed by atoms with Gasteiger partial charge in [0.05, 0.1) is 18.8 Å². The third kappa shape index (κ3) is 8.59. The molecule has 340 valence electrons. The fraction of sp³-hybridized carbons (Fsp3) is 0.643. The molecule has 0 radical (unpaired) electrons. The number of hydrogen-bond donors (Lipinski definition) is 3. The number of ether oxygens (including phenoxy) is 3. The molecular formula is C42H54F4N6O9S. The van der Waals surface area contributed by atoms with E-state index in [1.54, 1.807) is 19.1 Å². The normalized spacial score (nSPS) is 29.4. The van der Waals surface area contributed by atoms with Crippen LogP contribution in [0, 0.1) is 17.8 Å². The molecule has 2 saturated carbocycles. The average Bonchev–Trinajstić information content (AvgIpc) is 4.11. The van der Waals surface area contributed by atoms with Gasteiger partial charge in [-0.15, -0.1) is 0 Å². The summed E-state index contributed by atoms with van der Waals surface area (Å²) in [5.74, 6) is -3.22. The van der Waals surface area contributed by atoms with Gasteiger partial charge in [-0.2, -0.15) is 13.2 Å². The van der Waals surface area contributed by atoms with E-state index in [0.717, 1.165) is 5.69 Å². The molecule has 3 aliphatic heterocycles. The van der Waals surface area contributed by atoms with Crippen LogP contribution in [-0.2, 0) is 29.1 Å². The molecule has 0 unspecified atom stereocenters. The van der Waals surface area contributed by atoms with Crippen LogP contribution >= 0.6 is 0 Å². The highest BCUT2D eigenvalue weighted by Crippen LogP contribution is 2.48. The number of benzene rings is 1. The lowest BCUT2D eigenvalue weighted by Crippen LogP contribution is -2.60. The van der Waals surface area contributed by atoms with Crippen LogP contribution in [0.15, 0.2) is 36.5 Å². The lowest BCUT2D eigenvalue weighted by atomic mass is 9.85. The SMILES string of the molecule is CC[C@@H]1C[C@@H](C)CC/C=C\[C@@H]2C[C@@]2(C(=O)NS(=O)(=O)C2(CF)CC2)NC(=O)[C@@H]2C[C@@H](Oc3nccc4c5c(ccc34)N(C)CCO5)CN2C(=O)[C@H]1NC(=O)OC(C)(C)C(F)(F)F. The maximum absolute atomic E-state index is 15.0. The number of fused-ring (bicyclic) bond motifs is 5. The van der Waals surface area contributed by atoms with Crippen LogP contribution in [0.25, 0.3) is 10.8 Å². The number of carbonyl (C=O) groups excluding carboxylic acids is 4. The molecule has 2 aliphatic carbocycles. The summed E-state index contributed by atoms with van der Waals surface area (Å²) in [6.07, 6.45) is -0.584. The van der Waals surface area contributed by atoms with Crippen molar-refractivity contribution in [3.8, 4) is 11.6 Å². The zero-order valence-corrected chi connectivity index (χ0v) is 36.2. The van der Waals surface area contributed by atoms with Crippen molar-refractivity contribution in [2.45, 2.75) is 119 Å². The summed E-state index contributed by atoms with van der Waals surface area (Å²) in [5.41, 5.74) is -3.82. The van der Waals surface area contributed by atoms with Crippen molar-refractivity contribution in [2.24, 2.45) is 17.8 Å². The van der Waals surface area contributed by atoms with Gasteiger partial charge in [-0.25, -0.2) is 22.6 Å². The van der Waals surface area contributed by atoms with Crippen LogP contribution in [0.1, 0.15) is 79.1 Å². The van der Waals surface area contributed by atoms with Crippen LogP contribution in [0.2, 0.25) is 0 Å². The standard InChI is InChI=1S/C42H54F4N6O9S/c1-6-25-19-24(2)9-7-8-10-26-21-41(26,37(55)50-62(57,58)40(23-43)14-15-40)49-34(53)31-20-27(22-52(31)36(54)32(25)48-38(56)61-39(3,4)42(44,45)46)60-35-29-11-12-30-33(28(29)13-16-47-35)59-18-17-51(30)5/h8,10-13,16,24-27,31-32H,6-7,9,14-15,17-23H2,1-5H3,(H,48,56)(H,49,53)(H,50,55)/b10-8-/t24-,25+,26+,27+,31-,32-,41+/m0/s1. The van der Waals surface area contributed by atoms with Gasteiger partial charge in [-0.05, 0) is 82.4 Å². The first-order chi connectivity index (χ1) is 29.2. The Morgan fingerprint density at radius 1 is 1.11 bits per heavy atom. The van der Waals surface area contributed by atoms with E-state index in [-0.39, 0.29) is 44.0 Å². The summed E-state index contributed by atoms with van der Waals surface area (Å²) in [5, 5.41) is 6.47. The Hall–Kier alpha value is -4.88. The number of pyridine rings is 1. The summed E-state index contributed by atoms with van der Waals surface area (Å²) in [7, 11) is -2.53. The van der Waals surface area contributed by atoms with E-state index in [9.17, 15) is 45.2 Å². The predicted molar refractivity (Wildman–Crippen MR) is 218 cm³/mol. The van der Waals surface area contributed by atoms with Gasteiger partial charge in [0.1, 0.15) is 41.8 Å². The van der Waals surface area contributed by atoms with Crippen LogP contribution in [0.5, 0.6) is 11.6 Å². The van der Waals surface area contributed by atoms with Crippen LogP contribution in [0.4, 0.5) is 28.0 Å². The van der Waals surface area contributed by atoms with Gasteiger partial charge >= 0.3 is 12.3 Å². The highest BCUT2D eigenvalue weighted by molar-refractivity contribution is 7.91. The molecule has 1 aromatic carbocycles. The molecule has 7 rings (SSSR count). The number of alkyl halides is 4. The number of carbonyl (C=O) groups is 4. The van der Waals surface area contributed by atoms with Gasteiger partial charge in [-0.3, -0.25) is 19.1 Å². The Bertz CT molecular complexity index is 2240. The second-order valence-electron chi connectivity index (χ2n) is 17.9. The van der Waals surface area contributed by atoms with E-state index in [1.807, 2.05) is 41.8 Å².